The second-order valence-corrected chi connectivity index (χ2v) is 3.84. The highest BCUT2D eigenvalue weighted by molar-refractivity contribution is 5.75. The van der Waals surface area contributed by atoms with Crippen LogP contribution < -0.4 is 5.32 Å². The molecule has 1 rings (SSSR count). The highest BCUT2D eigenvalue weighted by Gasteiger charge is 2.09. The Morgan fingerprint density at radius 3 is 2.33 bits per heavy atom. The zero-order valence-electron chi connectivity index (χ0n) is 9.50. The molecule has 0 aliphatic carbocycles. The van der Waals surface area contributed by atoms with Crippen LogP contribution in [-0.4, -0.2) is 5.91 Å². The van der Waals surface area contributed by atoms with Crippen molar-refractivity contribution in [3.63, 3.8) is 0 Å². The maximum absolute atomic E-state index is 10.9. The molecule has 1 aromatic rings. The number of aryl methyl sites for hydroxylation is 1. The number of carbonyl (C=O) groups is 1. The second kappa shape index (κ2) is 4.78. The van der Waals surface area contributed by atoms with Crippen molar-refractivity contribution in [3.05, 3.63) is 47.7 Å². The molecule has 15 heavy (non-hydrogen) atoms. The van der Waals surface area contributed by atoms with Gasteiger partial charge in [0.15, 0.2) is 0 Å². The zero-order chi connectivity index (χ0) is 11.4. The van der Waals surface area contributed by atoms with Crippen molar-refractivity contribution in [2.24, 2.45) is 0 Å². The highest BCUT2D eigenvalue weighted by Crippen LogP contribution is 2.20. The van der Waals surface area contributed by atoms with E-state index in [1.807, 2.05) is 6.92 Å². The molecule has 0 heterocycles. The first-order valence-corrected chi connectivity index (χ1v) is 5.03. The Bertz CT molecular complexity index is 365. The molecule has 0 aliphatic heterocycles. The summed E-state index contributed by atoms with van der Waals surface area (Å²) in [5.41, 5.74) is 3.14. The van der Waals surface area contributed by atoms with Gasteiger partial charge in [0.05, 0.1) is 0 Å². The summed E-state index contributed by atoms with van der Waals surface area (Å²) in [6, 6.07) is 8.25. The van der Waals surface area contributed by atoms with Crippen molar-refractivity contribution in [2.75, 3.05) is 0 Å². The topological polar surface area (TPSA) is 29.1 Å². The smallest absolute Gasteiger partial charge is 0.220 e. The van der Waals surface area contributed by atoms with Crippen molar-refractivity contribution in [3.8, 4) is 0 Å². The first-order valence-electron chi connectivity index (χ1n) is 5.03. The van der Waals surface area contributed by atoms with Crippen LogP contribution in [0.1, 0.15) is 30.9 Å². The van der Waals surface area contributed by atoms with Gasteiger partial charge < -0.3 is 5.32 Å². The van der Waals surface area contributed by atoms with E-state index in [0.717, 1.165) is 5.70 Å². The molecular formula is C13H17NO. The largest absolute Gasteiger partial charge is 0.330 e. The SMILES string of the molecule is C=C(NC(C)=O)C(C)c1ccc(C)cc1. The second-order valence-electron chi connectivity index (χ2n) is 3.84. The summed E-state index contributed by atoms with van der Waals surface area (Å²) in [7, 11) is 0. The molecule has 1 atom stereocenters. The van der Waals surface area contributed by atoms with Gasteiger partial charge in [0.25, 0.3) is 0 Å². The zero-order valence-corrected chi connectivity index (χ0v) is 9.50. The normalized spacial score (nSPS) is 11.9. The van der Waals surface area contributed by atoms with Crippen LogP contribution in [0.3, 0.4) is 0 Å². The van der Waals surface area contributed by atoms with Crippen LogP contribution >= 0.6 is 0 Å². The van der Waals surface area contributed by atoms with Crippen molar-refractivity contribution in [1.29, 1.82) is 0 Å². The van der Waals surface area contributed by atoms with Gasteiger partial charge >= 0.3 is 0 Å². The Hall–Kier alpha value is -1.57. The summed E-state index contributed by atoms with van der Waals surface area (Å²) in [6.07, 6.45) is 0. The molecule has 0 aromatic heterocycles. The molecule has 2 heteroatoms. The van der Waals surface area contributed by atoms with Gasteiger partial charge in [-0.2, -0.15) is 0 Å². The standard InChI is InChI=1S/C13H17NO/c1-9-5-7-13(8-6-9)10(2)11(3)14-12(4)15/h5-8,10H,3H2,1-2,4H3,(H,14,15). The lowest BCUT2D eigenvalue weighted by atomic mass is 9.97. The van der Waals surface area contributed by atoms with E-state index in [2.05, 4.69) is 43.1 Å². The minimum Gasteiger partial charge on any atom is -0.330 e. The summed E-state index contributed by atoms with van der Waals surface area (Å²) in [5.74, 6) is 0.0773. The molecule has 0 saturated heterocycles. The minimum atomic E-state index is -0.0704. The van der Waals surface area contributed by atoms with E-state index in [0.29, 0.717) is 0 Å². The predicted octanol–water partition coefficient (Wildman–Crippen LogP) is 2.75. The molecule has 0 bridgehead atoms. The Balaban J connectivity index is 2.76. The molecule has 0 radical (unpaired) electrons. The molecule has 1 aromatic carbocycles. The highest BCUT2D eigenvalue weighted by atomic mass is 16.1. The van der Waals surface area contributed by atoms with Gasteiger partial charge in [0.2, 0.25) is 5.91 Å². The van der Waals surface area contributed by atoms with Crippen LogP contribution in [0.25, 0.3) is 0 Å². The monoisotopic (exact) mass is 203 g/mol. The van der Waals surface area contributed by atoms with Gasteiger partial charge in [-0.3, -0.25) is 4.79 Å². The Kier molecular flexibility index (Phi) is 3.67. The first-order chi connectivity index (χ1) is 7.00. The van der Waals surface area contributed by atoms with E-state index in [1.54, 1.807) is 0 Å². The molecule has 0 aliphatic rings. The molecule has 2 nitrogen and oxygen atoms in total. The average molecular weight is 203 g/mol. The molecule has 0 fully saturated rings. The molecule has 1 amide bonds. The van der Waals surface area contributed by atoms with Crippen LogP contribution in [0.4, 0.5) is 0 Å². The third kappa shape index (κ3) is 3.24. The fourth-order valence-corrected chi connectivity index (χ4v) is 1.39. The Morgan fingerprint density at radius 2 is 1.87 bits per heavy atom. The van der Waals surface area contributed by atoms with Crippen LogP contribution in [-0.2, 0) is 4.79 Å². The number of hydrogen-bond acceptors (Lipinski definition) is 1. The molecule has 0 saturated carbocycles. The third-order valence-corrected chi connectivity index (χ3v) is 2.44. The van der Waals surface area contributed by atoms with Gasteiger partial charge in [-0.25, -0.2) is 0 Å². The lowest BCUT2D eigenvalue weighted by Crippen LogP contribution is -2.21. The molecule has 1 unspecified atom stereocenters. The van der Waals surface area contributed by atoms with Gasteiger partial charge in [0.1, 0.15) is 0 Å². The van der Waals surface area contributed by atoms with Gasteiger partial charge in [-0.15, -0.1) is 0 Å². The molecule has 1 N–H and O–H groups in total. The summed E-state index contributed by atoms with van der Waals surface area (Å²) in [4.78, 5) is 10.9. The average Bonchev–Trinajstić information content (AvgIpc) is 2.17. The van der Waals surface area contributed by atoms with Crippen molar-refractivity contribution in [2.45, 2.75) is 26.7 Å². The van der Waals surface area contributed by atoms with Gasteiger partial charge in [-0.05, 0) is 12.5 Å². The van der Waals surface area contributed by atoms with E-state index in [1.165, 1.54) is 18.1 Å². The Labute approximate surface area is 91.0 Å². The van der Waals surface area contributed by atoms with Crippen LogP contribution in [0, 0.1) is 6.92 Å². The molecule has 0 spiro atoms. The lowest BCUT2D eigenvalue weighted by Gasteiger charge is -2.15. The lowest BCUT2D eigenvalue weighted by molar-refractivity contribution is -0.118. The van der Waals surface area contributed by atoms with E-state index in [4.69, 9.17) is 0 Å². The number of carbonyl (C=O) groups excluding carboxylic acids is 1. The van der Waals surface area contributed by atoms with Crippen LogP contribution in [0.15, 0.2) is 36.5 Å². The van der Waals surface area contributed by atoms with Gasteiger partial charge in [-0.1, -0.05) is 43.3 Å². The third-order valence-electron chi connectivity index (χ3n) is 2.44. The first kappa shape index (κ1) is 11.5. The van der Waals surface area contributed by atoms with Crippen LogP contribution in [0.5, 0.6) is 0 Å². The predicted molar refractivity (Wildman–Crippen MR) is 62.6 cm³/mol. The van der Waals surface area contributed by atoms with E-state index in [-0.39, 0.29) is 11.8 Å². The number of allylic oxidation sites excluding steroid dienone is 1. The maximum atomic E-state index is 10.9. The molecule has 80 valence electrons. The quantitative estimate of drug-likeness (QED) is 0.804. The van der Waals surface area contributed by atoms with Crippen molar-refractivity contribution < 1.29 is 4.79 Å². The Morgan fingerprint density at radius 1 is 1.33 bits per heavy atom. The minimum absolute atomic E-state index is 0.0704. The number of amides is 1. The number of hydrogen-bond donors (Lipinski definition) is 1. The summed E-state index contributed by atoms with van der Waals surface area (Å²) in [5, 5.41) is 2.72. The fraction of sp³-hybridized carbons (Fsp3) is 0.308. The molecular weight excluding hydrogens is 186 g/mol. The number of rotatable bonds is 3. The summed E-state index contributed by atoms with van der Waals surface area (Å²) >= 11 is 0. The number of nitrogens with one attached hydrogen (secondary N) is 1. The summed E-state index contributed by atoms with van der Waals surface area (Å²) in [6.45, 7) is 9.44. The van der Waals surface area contributed by atoms with E-state index >= 15 is 0 Å². The van der Waals surface area contributed by atoms with Gasteiger partial charge in [0, 0.05) is 18.5 Å². The van der Waals surface area contributed by atoms with Crippen molar-refractivity contribution >= 4 is 5.91 Å². The van der Waals surface area contributed by atoms with E-state index < -0.39 is 0 Å². The van der Waals surface area contributed by atoms with Crippen molar-refractivity contribution in [1.82, 2.24) is 5.32 Å². The fourth-order valence-electron chi connectivity index (χ4n) is 1.39. The maximum Gasteiger partial charge on any atom is 0.220 e. The van der Waals surface area contributed by atoms with E-state index in [9.17, 15) is 4.79 Å². The van der Waals surface area contributed by atoms with Crippen LogP contribution in [0.2, 0.25) is 0 Å². The number of benzene rings is 1. The summed E-state index contributed by atoms with van der Waals surface area (Å²) < 4.78 is 0.